The van der Waals surface area contributed by atoms with Crippen molar-refractivity contribution in [3.63, 3.8) is 0 Å². The number of rotatable bonds is 4. The van der Waals surface area contributed by atoms with Crippen LogP contribution >= 0.6 is 0 Å². The lowest BCUT2D eigenvalue weighted by molar-refractivity contribution is -0.146. The summed E-state index contributed by atoms with van der Waals surface area (Å²) >= 11 is 0. The van der Waals surface area contributed by atoms with Crippen LogP contribution in [0.3, 0.4) is 0 Å². The van der Waals surface area contributed by atoms with Gasteiger partial charge >= 0.3 is 0 Å². The number of ketones is 1. The molecular formula is C17H29NO2. The highest BCUT2D eigenvalue weighted by Gasteiger charge is 2.55. The van der Waals surface area contributed by atoms with E-state index >= 15 is 0 Å². The Morgan fingerprint density at radius 2 is 1.85 bits per heavy atom. The summed E-state index contributed by atoms with van der Waals surface area (Å²) in [6, 6.07) is 0. The molecule has 0 spiro atoms. The van der Waals surface area contributed by atoms with Crippen LogP contribution < -0.4 is 0 Å². The summed E-state index contributed by atoms with van der Waals surface area (Å²) in [5.41, 5.74) is 0.322. The number of carbonyl (C=O) groups is 1. The van der Waals surface area contributed by atoms with Gasteiger partial charge in [0.25, 0.3) is 0 Å². The molecule has 3 nitrogen and oxygen atoms in total. The topological polar surface area (TPSA) is 29.5 Å². The van der Waals surface area contributed by atoms with Gasteiger partial charge in [-0.25, -0.2) is 0 Å². The second-order valence-corrected chi connectivity index (χ2v) is 7.37. The molecule has 2 heterocycles. The highest BCUT2D eigenvalue weighted by Crippen LogP contribution is 2.53. The van der Waals surface area contributed by atoms with Crippen LogP contribution in [0, 0.1) is 17.8 Å². The first kappa shape index (κ1) is 14.5. The summed E-state index contributed by atoms with van der Waals surface area (Å²) in [7, 11) is 1.80. The van der Waals surface area contributed by atoms with Gasteiger partial charge in [-0.3, -0.25) is 9.69 Å². The minimum Gasteiger partial charge on any atom is -0.384 e. The Balaban J connectivity index is 1.89. The van der Waals surface area contributed by atoms with Crippen LogP contribution in [0.15, 0.2) is 0 Å². The normalized spacial score (nSPS) is 39.4. The standard InChI is InChI=1S/C17H29NO2/c1-13(12-20-2)11-17-14-5-3-7-18(17)8-4-6-15(17)10-16(19)9-14/h13-15H,3-12H2,1-2H3/t13?,14-,15-/m1/s1. The van der Waals surface area contributed by atoms with E-state index in [2.05, 4.69) is 11.8 Å². The maximum Gasteiger partial charge on any atom is 0.133 e. The Bertz CT molecular complexity index is 346. The van der Waals surface area contributed by atoms with Gasteiger partial charge < -0.3 is 4.74 Å². The molecule has 1 unspecified atom stereocenters. The van der Waals surface area contributed by atoms with Gasteiger partial charge in [0.2, 0.25) is 0 Å². The summed E-state index contributed by atoms with van der Waals surface area (Å²) in [6.45, 7) is 5.67. The monoisotopic (exact) mass is 279 g/mol. The molecule has 2 saturated heterocycles. The molecule has 1 saturated carbocycles. The molecule has 0 aromatic carbocycles. The molecule has 3 aliphatic rings. The van der Waals surface area contributed by atoms with Crippen molar-refractivity contribution in [3.8, 4) is 0 Å². The largest absolute Gasteiger partial charge is 0.384 e. The number of piperidine rings is 2. The molecule has 3 heteroatoms. The number of hydrogen-bond acceptors (Lipinski definition) is 3. The van der Waals surface area contributed by atoms with Gasteiger partial charge in [-0.05, 0) is 62.9 Å². The minimum absolute atomic E-state index is 0.322. The quantitative estimate of drug-likeness (QED) is 0.792. The minimum atomic E-state index is 0.322. The SMILES string of the molecule is COCC(C)CC12[C@@H]3CCCN1CCC[C@@H]2CC(=O)C3. The van der Waals surface area contributed by atoms with Gasteiger partial charge in [0.1, 0.15) is 5.78 Å². The number of nitrogens with zero attached hydrogens (tertiary/aromatic N) is 1. The number of carbonyl (C=O) groups excluding carboxylic acids is 1. The predicted molar refractivity (Wildman–Crippen MR) is 79.7 cm³/mol. The van der Waals surface area contributed by atoms with Crippen LogP contribution in [0.1, 0.15) is 51.9 Å². The van der Waals surface area contributed by atoms with E-state index in [-0.39, 0.29) is 0 Å². The fourth-order valence-electron chi connectivity index (χ4n) is 5.49. The predicted octanol–water partition coefficient (Wildman–Crippen LogP) is 2.88. The Labute approximate surface area is 123 Å². The number of hydrogen-bond donors (Lipinski definition) is 0. The first-order valence-corrected chi connectivity index (χ1v) is 8.42. The third kappa shape index (κ3) is 2.33. The maximum absolute atomic E-state index is 12.1. The van der Waals surface area contributed by atoms with Crippen molar-refractivity contribution in [2.75, 3.05) is 26.8 Å². The van der Waals surface area contributed by atoms with Crippen LogP contribution in [-0.4, -0.2) is 43.0 Å². The van der Waals surface area contributed by atoms with E-state index in [1.807, 2.05) is 0 Å². The molecule has 3 fully saturated rings. The molecule has 0 N–H and O–H groups in total. The first-order chi connectivity index (χ1) is 9.66. The van der Waals surface area contributed by atoms with Crippen molar-refractivity contribution in [3.05, 3.63) is 0 Å². The average molecular weight is 279 g/mol. The summed E-state index contributed by atoms with van der Waals surface area (Å²) in [5, 5.41) is 0. The number of methoxy groups -OCH3 is 1. The van der Waals surface area contributed by atoms with Gasteiger partial charge in [0.05, 0.1) is 0 Å². The Morgan fingerprint density at radius 3 is 2.40 bits per heavy atom. The molecule has 3 atom stereocenters. The molecule has 3 rings (SSSR count). The summed E-state index contributed by atoms with van der Waals surface area (Å²) in [4.78, 5) is 14.9. The summed E-state index contributed by atoms with van der Waals surface area (Å²) in [6.07, 6.45) is 8.00. The van der Waals surface area contributed by atoms with Crippen LogP contribution in [-0.2, 0) is 9.53 Å². The Hall–Kier alpha value is -0.410. The van der Waals surface area contributed by atoms with E-state index in [4.69, 9.17) is 4.74 Å². The molecule has 0 bridgehead atoms. The lowest BCUT2D eigenvalue weighted by atomic mass is 9.56. The zero-order valence-corrected chi connectivity index (χ0v) is 13.1. The molecule has 0 radical (unpaired) electrons. The van der Waals surface area contributed by atoms with Crippen molar-refractivity contribution in [1.29, 1.82) is 0 Å². The number of ether oxygens (including phenoxy) is 1. The van der Waals surface area contributed by atoms with Crippen molar-refractivity contribution >= 4 is 5.78 Å². The molecule has 2 aliphatic heterocycles. The highest BCUT2D eigenvalue weighted by molar-refractivity contribution is 5.80. The van der Waals surface area contributed by atoms with Gasteiger partial charge in [0.15, 0.2) is 0 Å². The van der Waals surface area contributed by atoms with E-state index in [0.29, 0.717) is 29.1 Å². The zero-order valence-electron chi connectivity index (χ0n) is 13.1. The fourth-order valence-corrected chi connectivity index (χ4v) is 5.49. The first-order valence-electron chi connectivity index (χ1n) is 8.42. The smallest absolute Gasteiger partial charge is 0.133 e. The fraction of sp³-hybridized carbons (Fsp3) is 0.941. The van der Waals surface area contributed by atoms with Crippen molar-refractivity contribution < 1.29 is 9.53 Å². The lowest BCUT2D eigenvalue weighted by Gasteiger charge is -2.61. The molecule has 0 aromatic rings. The van der Waals surface area contributed by atoms with Crippen LogP contribution in [0.2, 0.25) is 0 Å². The van der Waals surface area contributed by atoms with Crippen LogP contribution in [0.25, 0.3) is 0 Å². The lowest BCUT2D eigenvalue weighted by Crippen LogP contribution is -2.66. The molecule has 1 aliphatic carbocycles. The number of Topliss-reactive ketones (excluding diaryl/α,β-unsaturated/α-hetero) is 1. The second-order valence-electron chi connectivity index (χ2n) is 7.37. The third-order valence-corrected chi connectivity index (χ3v) is 6.04. The van der Waals surface area contributed by atoms with Crippen LogP contribution in [0.4, 0.5) is 0 Å². The molecule has 114 valence electrons. The van der Waals surface area contributed by atoms with Crippen LogP contribution in [0.5, 0.6) is 0 Å². The van der Waals surface area contributed by atoms with E-state index in [0.717, 1.165) is 19.4 Å². The van der Waals surface area contributed by atoms with E-state index in [9.17, 15) is 4.79 Å². The third-order valence-electron chi connectivity index (χ3n) is 6.04. The van der Waals surface area contributed by atoms with Gasteiger partial charge in [-0.15, -0.1) is 0 Å². The van der Waals surface area contributed by atoms with E-state index in [1.54, 1.807) is 7.11 Å². The van der Waals surface area contributed by atoms with Crippen molar-refractivity contribution in [2.24, 2.45) is 17.8 Å². The van der Waals surface area contributed by atoms with Gasteiger partial charge in [-0.2, -0.15) is 0 Å². The van der Waals surface area contributed by atoms with Gasteiger partial charge in [-0.1, -0.05) is 6.92 Å². The Morgan fingerprint density at radius 1 is 1.25 bits per heavy atom. The summed E-state index contributed by atoms with van der Waals surface area (Å²) in [5.74, 6) is 2.35. The molecule has 0 amide bonds. The average Bonchev–Trinajstić information content (AvgIpc) is 2.40. The van der Waals surface area contributed by atoms with E-state index in [1.165, 1.54) is 45.2 Å². The van der Waals surface area contributed by atoms with Crippen molar-refractivity contribution in [2.45, 2.75) is 57.4 Å². The maximum atomic E-state index is 12.1. The molecule has 0 aromatic heterocycles. The van der Waals surface area contributed by atoms with Gasteiger partial charge in [0, 0.05) is 32.1 Å². The second kappa shape index (κ2) is 5.76. The zero-order chi connectivity index (χ0) is 14.2. The molecule has 20 heavy (non-hydrogen) atoms. The van der Waals surface area contributed by atoms with Crippen molar-refractivity contribution in [1.82, 2.24) is 4.90 Å². The molecular weight excluding hydrogens is 250 g/mol. The highest BCUT2D eigenvalue weighted by atomic mass is 16.5. The Kier molecular flexibility index (Phi) is 4.19. The van der Waals surface area contributed by atoms with E-state index < -0.39 is 0 Å². The summed E-state index contributed by atoms with van der Waals surface area (Å²) < 4.78 is 5.38.